The normalized spacial score (nSPS) is 13.9. The lowest BCUT2D eigenvalue weighted by Gasteiger charge is -2.16. The third-order valence-corrected chi connectivity index (χ3v) is 5.99. The molecule has 0 saturated carbocycles. The van der Waals surface area contributed by atoms with E-state index in [0.717, 1.165) is 22.6 Å². The molecular formula is C30H32N2O3. The quantitative estimate of drug-likeness (QED) is 0.394. The summed E-state index contributed by atoms with van der Waals surface area (Å²) in [5.74, 6) is 0.483. The van der Waals surface area contributed by atoms with Crippen LogP contribution in [-0.4, -0.2) is 22.8 Å². The fourth-order valence-corrected chi connectivity index (χ4v) is 4.05. The van der Waals surface area contributed by atoms with Crippen LogP contribution in [-0.2, 0) is 16.1 Å². The Morgan fingerprint density at radius 3 is 2.00 bits per heavy atom. The van der Waals surface area contributed by atoms with Crippen LogP contribution in [0.3, 0.4) is 0 Å². The highest BCUT2D eigenvalue weighted by molar-refractivity contribution is 6.36. The summed E-state index contributed by atoms with van der Waals surface area (Å²) in [7, 11) is 0. The van der Waals surface area contributed by atoms with E-state index in [1.165, 1.54) is 10.5 Å². The third kappa shape index (κ3) is 5.46. The third-order valence-electron chi connectivity index (χ3n) is 5.99. The molecule has 0 saturated heterocycles. The molecule has 1 aliphatic rings. The van der Waals surface area contributed by atoms with E-state index in [-0.39, 0.29) is 30.2 Å². The molecule has 180 valence electrons. The summed E-state index contributed by atoms with van der Waals surface area (Å²) in [6, 6.07) is 23.2. The van der Waals surface area contributed by atoms with Gasteiger partial charge in [-0.1, -0.05) is 67.9 Å². The van der Waals surface area contributed by atoms with Crippen LogP contribution in [0, 0.1) is 6.92 Å². The van der Waals surface area contributed by atoms with Gasteiger partial charge in [-0.3, -0.25) is 14.5 Å². The van der Waals surface area contributed by atoms with Crippen molar-refractivity contribution in [3.05, 3.63) is 101 Å². The lowest BCUT2D eigenvalue weighted by Crippen LogP contribution is -2.32. The van der Waals surface area contributed by atoms with Crippen LogP contribution < -0.4 is 10.1 Å². The largest absolute Gasteiger partial charge is 0.491 e. The zero-order valence-corrected chi connectivity index (χ0v) is 21.0. The predicted octanol–water partition coefficient (Wildman–Crippen LogP) is 6.30. The van der Waals surface area contributed by atoms with Gasteiger partial charge in [0.15, 0.2) is 0 Å². The van der Waals surface area contributed by atoms with E-state index in [1.807, 2.05) is 93.6 Å². The predicted molar refractivity (Wildman–Crippen MR) is 140 cm³/mol. The summed E-state index contributed by atoms with van der Waals surface area (Å²) >= 11 is 0. The van der Waals surface area contributed by atoms with Gasteiger partial charge in [0.1, 0.15) is 11.4 Å². The van der Waals surface area contributed by atoms with Crippen LogP contribution in [0.1, 0.15) is 55.9 Å². The molecule has 35 heavy (non-hydrogen) atoms. The number of nitrogens with one attached hydrogen (secondary N) is 1. The molecule has 0 fully saturated rings. The second-order valence-corrected chi connectivity index (χ2v) is 9.52. The van der Waals surface area contributed by atoms with Crippen LogP contribution >= 0.6 is 0 Å². The first-order valence-corrected chi connectivity index (χ1v) is 12.0. The van der Waals surface area contributed by atoms with E-state index >= 15 is 0 Å². The highest BCUT2D eigenvalue weighted by Gasteiger charge is 2.39. The van der Waals surface area contributed by atoms with Crippen LogP contribution in [0.15, 0.2) is 78.5 Å². The number of benzene rings is 3. The van der Waals surface area contributed by atoms with E-state index < -0.39 is 0 Å². The summed E-state index contributed by atoms with van der Waals surface area (Å²) < 4.78 is 5.75. The van der Waals surface area contributed by atoms with Gasteiger partial charge in [0, 0.05) is 5.69 Å². The molecule has 5 nitrogen and oxygen atoms in total. The molecule has 0 bridgehead atoms. The average Bonchev–Trinajstić information content (AvgIpc) is 3.05. The molecule has 4 rings (SSSR count). The Hall–Kier alpha value is -3.86. The minimum atomic E-state index is -0.332. The zero-order chi connectivity index (χ0) is 25.1. The minimum absolute atomic E-state index is 0.0470. The summed E-state index contributed by atoms with van der Waals surface area (Å²) in [4.78, 5) is 28.4. The smallest absolute Gasteiger partial charge is 0.278 e. The number of carbonyl (C=O) groups excluding carboxylic acids is 2. The molecule has 0 radical (unpaired) electrons. The molecule has 0 aliphatic carbocycles. The number of hydrogen-bond donors (Lipinski definition) is 1. The summed E-state index contributed by atoms with van der Waals surface area (Å²) in [6.45, 7) is 10.4. The molecular weight excluding hydrogens is 436 g/mol. The lowest BCUT2D eigenvalue weighted by molar-refractivity contribution is -0.137. The standard InChI is InChI=1S/C30H32N2O3/c1-19(2)23-10-14-25(15-11-23)31-28-27(24-12-16-26(17-13-24)35-20(3)4)29(33)32(30(28)34)18-22-8-6-21(5)7-9-22/h6-17,19-20,31H,18H2,1-5H3. The van der Waals surface area contributed by atoms with Gasteiger partial charge in [0.25, 0.3) is 11.8 Å². The van der Waals surface area contributed by atoms with Gasteiger partial charge in [-0.15, -0.1) is 0 Å². The number of nitrogens with zero attached hydrogens (tertiary/aromatic N) is 1. The summed E-state index contributed by atoms with van der Waals surface area (Å²) in [6.07, 6.45) is 0.0470. The molecule has 2 amide bonds. The van der Waals surface area contributed by atoms with Gasteiger partial charge in [-0.2, -0.15) is 0 Å². The van der Waals surface area contributed by atoms with Gasteiger partial charge in [-0.25, -0.2) is 0 Å². The zero-order valence-electron chi connectivity index (χ0n) is 21.0. The van der Waals surface area contributed by atoms with E-state index in [9.17, 15) is 9.59 Å². The number of rotatable bonds is 8. The molecule has 5 heteroatoms. The molecule has 1 N–H and O–H groups in total. The molecule has 0 aromatic heterocycles. The molecule has 3 aromatic rings. The van der Waals surface area contributed by atoms with Crippen LogP contribution in [0.2, 0.25) is 0 Å². The number of ether oxygens (including phenoxy) is 1. The number of anilines is 1. The Labute approximate surface area is 207 Å². The van der Waals surface area contributed by atoms with Crippen LogP contribution in [0.4, 0.5) is 5.69 Å². The van der Waals surface area contributed by atoms with Gasteiger partial charge in [-0.05, 0) is 67.6 Å². The molecule has 0 atom stereocenters. The molecule has 3 aromatic carbocycles. The van der Waals surface area contributed by atoms with E-state index in [0.29, 0.717) is 17.1 Å². The van der Waals surface area contributed by atoms with Crippen molar-refractivity contribution in [1.29, 1.82) is 0 Å². The lowest BCUT2D eigenvalue weighted by atomic mass is 10.0. The highest BCUT2D eigenvalue weighted by atomic mass is 16.5. The maximum Gasteiger partial charge on any atom is 0.278 e. The van der Waals surface area contributed by atoms with Crippen molar-refractivity contribution in [2.24, 2.45) is 0 Å². The molecule has 1 heterocycles. The van der Waals surface area contributed by atoms with Crippen LogP contribution in [0.25, 0.3) is 5.57 Å². The molecule has 1 aliphatic heterocycles. The first-order valence-electron chi connectivity index (χ1n) is 12.0. The fourth-order valence-electron chi connectivity index (χ4n) is 4.05. The second kappa shape index (κ2) is 10.2. The number of amides is 2. The Bertz CT molecular complexity index is 1240. The van der Waals surface area contributed by atoms with Crippen LogP contribution in [0.5, 0.6) is 5.75 Å². The second-order valence-electron chi connectivity index (χ2n) is 9.52. The number of hydrogen-bond acceptors (Lipinski definition) is 4. The number of carbonyl (C=O) groups is 2. The van der Waals surface area contributed by atoms with E-state index in [1.54, 1.807) is 0 Å². The van der Waals surface area contributed by atoms with Crippen molar-refractivity contribution in [2.75, 3.05) is 5.32 Å². The first kappa shape index (κ1) is 24.3. The van der Waals surface area contributed by atoms with Crippen molar-refractivity contribution in [1.82, 2.24) is 4.90 Å². The minimum Gasteiger partial charge on any atom is -0.491 e. The fraction of sp³-hybridized carbons (Fsp3) is 0.267. The van der Waals surface area contributed by atoms with Gasteiger partial charge in [0.2, 0.25) is 0 Å². The SMILES string of the molecule is Cc1ccc(CN2C(=O)C(Nc3ccc(C(C)C)cc3)=C(c3ccc(OC(C)C)cc3)C2=O)cc1. The maximum absolute atomic E-state index is 13.6. The Kier molecular flexibility index (Phi) is 7.06. The first-order chi connectivity index (χ1) is 16.7. The summed E-state index contributed by atoms with van der Waals surface area (Å²) in [5, 5.41) is 3.24. The Balaban J connectivity index is 1.69. The monoisotopic (exact) mass is 468 g/mol. The van der Waals surface area contributed by atoms with Crippen molar-refractivity contribution in [2.45, 2.75) is 53.2 Å². The van der Waals surface area contributed by atoms with Gasteiger partial charge < -0.3 is 10.1 Å². The number of aryl methyl sites for hydroxylation is 1. The Morgan fingerprint density at radius 1 is 0.800 bits per heavy atom. The van der Waals surface area contributed by atoms with Crippen molar-refractivity contribution < 1.29 is 14.3 Å². The molecule has 0 unspecified atom stereocenters. The van der Waals surface area contributed by atoms with E-state index in [2.05, 4.69) is 19.2 Å². The number of imide groups is 1. The topological polar surface area (TPSA) is 58.6 Å². The maximum atomic E-state index is 13.6. The highest BCUT2D eigenvalue weighted by Crippen LogP contribution is 2.33. The van der Waals surface area contributed by atoms with E-state index in [4.69, 9.17) is 4.74 Å². The van der Waals surface area contributed by atoms with Crippen molar-refractivity contribution in [3.8, 4) is 5.75 Å². The van der Waals surface area contributed by atoms with Gasteiger partial charge >= 0.3 is 0 Å². The van der Waals surface area contributed by atoms with Crippen molar-refractivity contribution in [3.63, 3.8) is 0 Å². The average molecular weight is 469 g/mol. The Morgan fingerprint density at radius 2 is 1.43 bits per heavy atom. The summed E-state index contributed by atoms with van der Waals surface area (Å²) in [5.41, 5.74) is 5.33. The molecule has 0 spiro atoms. The van der Waals surface area contributed by atoms with Crippen molar-refractivity contribution >= 4 is 23.1 Å². The van der Waals surface area contributed by atoms with Gasteiger partial charge in [0.05, 0.1) is 18.2 Å².